The summed E-state index contributed by atoms with van der Waals surface area (Å²) < 4.78 is 0. The van der Waals surface area contributed by atoms with Crippen molar-refractivity contribution in [3.63, 3.8) is 0 Å². The normalized spacial score (nSPS) is 11.1. The molecule has 0 saturated carbocycles. The summed E-state index contributed by atoms with van der Waals surface area (Å²) in [5.41, 5.74) is 13.1. The standard InChI is InChI=1S/C50H35N/c1-3-12-36(13-4-1)37-22-29-43(30-23-37)51(44-31-24-40(25-32-44)47-21-11-18-38-14-7-9-19-46(38)47)45-33-26-41(27-34-45)49-35-28-39-15-8-10-20-48(39)50(49)42-16-5-2-6-17-42/h1-35H. The third-order valence-corrected chi connectivity index (χ3v) is 9.89. The molecule has 0 aromatic heterocycles. The molecule has 0 heterocycles. The number of anilines is 3. The summed E-state index contributed by atoms with van der Waals surface area (Å²) in [4.78, 5) is 2.35. The molecule has 0 N–H and O–H groups in total. The molecular weight excluding hydrogens is 615 g/mol. The van der Waals surface area contributed by atoms with E-state index in [9.17, 15) is 0 Å². The van der Waals surface area contributed by atoms with Crippen LogP contribution in [0.1, 0.15) is 0 Å². The number of rotatable bonds is 7. The molecule has 0 fully saturated rings. The van der Waals surface area contributed by atoms with Crippen LogP contribution in [0.5, 0.6) is 0 Å². The topological polar surface area (TPSA) is 3.24 Å². The monoisotopic (exact) mass is 649 g/mol. The molecule has 0 radical (unpaired) electrons. The van der Waals surface area contributed by atoms with Crippen LogP contribution in [-0.2, 0) is 0 Å². The maximum absolute atomic E-state index is 2.35. The first-order valence-electron chi connectivity index (χ1n) is 17.5. The molecule has 0 amide bonds. The van der Waals surface area contributed by atoms with Crippen LogP contribution in [0, 0.1) is 0 Å². The number of fused-ring (bicyclic) bond motifs is 2. The Kier molecular flexibility index (Phi) is 7.92. The van der Waals surface area contributed by atoms with Crippen molar-refractivity contribution >= 4 is 38.6 Å². The summed E-state index contributed by atoms with van der Waals surface area (Å²) in [6.07, 6.45) is 0. The van der Waals surface area contributed by atoms with E-state index in [1.54, 1.807) is 0 Å². The van der Waals surface area contributed by atoms with Crippen molar-refractivity contribution in [3.05, 3.63) is 212 Å². The molecule has 0 spiro atoms. The Morgan fingerprint density at radius 3 is 1.27 bits per heavy atom. The maximum atomic E-state index is 2.35. The van der Waals surface area contributed by atoms with Gasteiger partial charge in [0.05, 0.1) is 0 Å². The number of nitrogens with zero attached hydrogens (tertiary/aromatic N) is 1. The third-order valence-electron chi connectivity index (χ3n) is 9.89. The van der Waals surface area contributed by atoms with Crippen molar-refractivity contribution in [3.8, 4) is 44.5 Å². The summed E-state index contributed by atoms with van der Waals surface area (Å²) in [5, 5.41) is 5.02. The third kappa shape index (κ3) is 5.86. The van der Waals surface area contributed by atoms with Gasteiger partial charge in [-0.25, -0.2) is 0 Å². The van der Waals surface area contributed by atoms with E-state index >= 15 is 0 Å². The smallest absolute Gasteiger partial charge is 0.0462 e. The molecule has 0 bridgehead atoms. The lowest BCUT2D eigenvalue weighted by Crippen LogP contribution is -2.09. The van der Waals surface area contributed by atoms with E-state index in [1.807, 2.05) is 0 Å². The lowest BCUT2D eigenvalue weighted by Gasteiger charge is -2.26. The van der Waals surface area contributed by atoms with E-state index < -0.39 is 0 Å². The minimum Gasteiger partial charge on any atom is -0.311 e. The van der Waals surface area contributed by atoms with Crippen molar-refractivity contribution in [2.24, 2.45) is 0 Å². The van der Waals surface area contributed by atoms with Gasteiger partial charge in [0.2, 0.25) is 0 Å². The summed E-state index contributed by atoms with van der Waals surface area (Å²) >= 11 is 0. The highest BCUT2D eigenvalue weighted by Crippen LogP contribution is 2.41. The second kappa shape index (κ2) is 13.3. The summed E-state index contributed by atoms with van der Waals surface area (Å²) in [5.74, 6) is 0. The van der Waals surface area contributed by atoms with E-state index in [2.05, 4.69) is 217 Å². The first-order chi connectivity index (χ1) is 25.3. The molecule has 51 heavy (non-hydrogen) atoms. The molecule has 0 unspecified atom stereocenters. The van der Waals surface area contributed by atoms with Crippen LogP contribution in [-0.4, -0.2) is 0 Å². The SMILES string of the molecule is c1ccc(-c2ccc(N(c3ccc(-c4ccc5ccccc5c4-c4ccccc4)cc3)c3ccc(-c4cccc5ccccc45)cc3)cc2)cc1. The van der Waals surface area contributed by atoms with Crippen LogP contribution in [0.4, 0.5) is 17.1 Å². The fraction of sp³-hybridized carbons (Fsp3) is 0. The van der Waals surface area contributed by atoms with Gasteiger partial charge < -0.3 is 4.90 Å². The Hall–Kier alpha value is -6.70. The van der Waals surface area contributed by atoms with Gasteiger partial charge in [-0.15, -0.1) is 0 Å². The van der Waals surface area contributed by atoms with Gasteiger partial charge in [-0.2, -0.15) is 0 Å². The van der Waals surface area contributed by atoms with E-state index in [4.69, 9.17) is 0 Å². The molecule has 1 nitrogen and oxygen atoms in total. The number of hydrogen-bond acceptors (Lipinski definition) is 1. The predicted molar refractivity (Wildman–Crippen MR) is 218 cm³/mol. The van der Waals surface area contributed by atoms with Gasteiger partial charge in [-0.3, -0.25) is 0 Å². The largest absolute Gasteiger partial charge is 0.311 e. The molecule has 0 atom stereocenters. The maximum Gasteiger partial charge on any atom is 0.0462 e. The van der Waals surface area contributed by atoms with Gasteiger partial charge in [-0.1, -0.05) is 176 Å². The highest BCUT2D eigenvalue weighted by Gasteiger charge is 2.16. The average Bonchev–Trinajstić information content (AvgIpc) is 3.22. The van der Waals surface area contributed by atoms with Crippen LogP contribution >= 0.6 is 0 Å². The Morgan fingerprint density at radius 1 is 0.235 bits per heavy atom. The minimum atomic E-state index is 1.10. The van der Waals surface area contributed by atoms with Crippen LogP contribution in [0.3, 0.4) is 0 Å². The minimum absolute atomic E-state index is 1.10. The Labute approximate surface area is 299 Å². The molecule has 0 aliphatic heterocycles. The van der Waals surface area contributed by atoms with E-state index in [0.29, 0.717) is 0 Å². The molecule has 9 rings (SSSR count). The van der Waals surface area contributed by atoms with Gasteiger partial charge >= 0.3 is 0 Å². The highest BCUT2D eigenvalue weighted by atomic mass is 15.1. The molecule has 9 aromatic carbocycles. The molecule has 9 aromatic rings. The number of benzene rings is 9. The molecule has 0 saturated heterocycles. The van der Waals surface area contributed by atoms with Crippen LogP contribution < -0.4 is 4.90 Å². The van der Waals surface area contributed by atoms with Crippen molar-refractivity contribution in [1.82, 2.24) is 0 Å². The number of hydrogen-bond donors (Lipinski definition) is 0. The molecule has 0 aliphatic carbocycles. The quantitative estimate of drug-likeness (QED) is 0.166. The Bertz CT molecular complexity index is 2580. The van der Waals surface area contributed by atoms with E-state index in [0.717, 1.165) is 17.1 Å². The zero-order valence-corrected chi connectivity index (χ0v) is 28.2. The zero-order valence-electron chi connectivity index (χ0n) is 28.2. The summed E-state index contributed by atoms with van der Waals surface area (Å²) in [7, 11) is 0. The first-order valence-corrected chi connectivity index (χ1v) is 17.5. The fourth-order valence-corrected chi connectivity index (χ4v) is 7.37. The van der Waals surface area contributed by atoms with Crippen molar-refractivity contribution < 1.29 is 0 Å². The van der Waals surface area contributed by atoms with E-state index in [-0.39, 0.29) is 0 Å². The van der Waals surface area contributed by atoms with Crippen molar-refractivity contribution in [2.75, 3.05) is 4.90 Å². The lowest BCUT2D eigenvalue weighted by molar-refractivity contribution is 1.28. The lowest BCUT2D eigenvalue weighted by atomic mass is 9.90. The molecule has 0 aliphatic rings. The first kappa shape index (κ1) is 30.4. The van der Waals surface area contributed by atoms with E-state index in [1.165, 1.54) is 66.1 Å². The molecular formula is C50H35N. The van der Waals surface area contributed by atoms with Gasteiger partial charge in [0, 0.05) is 17.1 Å². The second-order valence-electron chi connectivity index (χ2n) is 12.9. The van der Waals surface area contributed by atoms with Gasteiger partial charge in [-0.05, 0) is 102 Å². The second-order valence-corrected chi connectivity index (χ2v) is 12.9. The predicted octanol–water partition coefficient (Wildman–Crippen LogP) is 14.1. The van der Waals surface area contributed by atoms with Crippen LogP contribution in [0.2, 0.25) is 0 Å². The summed E-state index contributed by atoms with van der Waals surface area (Å²) in [6, 6.07) is 76.6. The van der Waals surface area contributed by atoms with Crippen molar-refractivity contribution in [2.45, 2.75) is 0 Å². The average molecular weight is 650 g/mol. The van der Waals surface area contributed by atoms with Gasteiger partial charge in [0.1, 0.15) is 0 Å². The Morgan fingerprint density at radius 2 is 0.667 bits per heavy atom. The highest BCUT2D eigenvalue weighted by molar-refractivity contribution is 6.04. The Balaban J connectivity index is 1.13. The fourth-order valence-electron chi connectivity index (χ4n) is 7.37. The van der Waals surface area contributed by atoms with Gasteiger partial charge in [0.25, 0.3) is 0 Å². The van der Waals surface area contributed by atoms with Crippen LogP contribution in [0.15, 0.2) is 212 Å². The molecule has 240 valence electrons. The molecule has 1 heteroatoms. The van der Waals surface area contributed by atoms with Gasteiger partial charge in [0.15, 0.2) is 0 Å². The zero-order chi connectivity index (χ0) is 34.0. The summed E-state index contributed by atoms with van der Waals surface area (Å²) in [6.45, 7) is 0. The van der Waals surface area contributed by atoms with Crippen molar-refractivity contribution in [1.29, 1.82) is 0 Å². The van der Waals surface area contributed by atoms with Crippen LogP contribution in [0.25, 0.3) is 66.1 Å².